The minimum atomic E-state index is -0.182. The van der Waals surface area contributed by atoms with Crippen LogP contribution in [0.15, 0.2) is 29.4 Å². The average molecular weight is 395 g/mol. The van der Waals surface area contributed by atoms with Gasteiger partial charge in [-0.15, -0.1) is 0 Å². The first-order valence-electron chi connectivity index (χ1n) is 8.02. The van der Waals surface area contributed by atoms with Crippen LogP contribution in [0.25, 0.3) is 0 Å². The third-order valence-electron chi connectivity index (χ3n) is 2.95. The summed E-state index contributed by atoms with van der Waals surface area (Å²) in [5, 5.41) is 7.16. The summed E-state index contributed by atoms with van der Waals surface area (Å²) in [5.41, 5.74) is 0.512. The van der Waals surface area contributed by atoms with Crippen molar-refractivity contribution in [3.63, 3.8) is 0 Å². The fourth-order valence-corrected chi connectivity index (χ4v) is 2.62. The average Bonchev–Trinajstić information content (AvgIpc) is 2.53. The number of nitrogens with zero attached hydrogens (tertiary/aromatic N) is 4. The summed E-state index contributed by atoms with van der Waals surface area (Å²) in [6.07, 6.45) is 0. The SMILES string of the molecule is CN(C)c1nc(NC(C)(C)C)nc(SCC(=O)Nc2ccc(Cl)cc2)n1. The quantitative estimate of drug-likeness (QED) is 0.725. The fourth-order valence-electron chi connectivity index (χ4n) is 1.86. The number of hydrogen-bond acceptors (Lipinski definition) is 7. The van der Waals surface area contributed by atoms with Crippen LogP contribution in [-0.2, 0) is 4.79 Å². The van der Waals surface area contributed by atoms with Gasteiger partial charge in [0.1, 0.15) is 0 Å². The molecule has 0 aliphatic carbocycles. The number of carbonyl (C=O) groups is 1. The molecule has 140 valence electrons. The molecule has 2 aromatic rings. The van der Waals surface area contributed by atoms with Crippen LogP contribution in [0.1, 0.15) is 20.8 Å². The number of thioether (sulfide) groups is 1. The summed E-state index contributed by atoms with van der Waals surface area (Å²) in [6.45, 7) is 6.08. The summed E-state index contributed by atoms with van der Waals surface area (Å²) in [5.74, 6) is 1.06. The third kappa shape index (κ3) is 6.68. The van der Waals surface area contributed by atoms with Gasteiger partial charge in [-0.25, -0.2) is 0 Å². The number of amides is 1. The Morgan fingerprint density at radius 1 is 1.15 bits per heavy atom. The molecule has 9 heteroatoms. The van der Waals surface area contributed by atoms with Gasteiger partial charge in [-0.2, -0.15) is 15.0 Å². The Hall–Kier alpha value is -2.06. The van der Waals surface area contributed by atoms with E-state index in [1.807, 2.05) is 34.9 Å². The summed E-state index contributed by atoms with van der Waals surface area (Å²) < 4.78 is 0. The van der Waals surface area contributed by atoms with Gasteiger partial charge in [-0.1, -0.05) is 23.4 Å². The minimum absolute atomic E-state index is 0.144. The van der Waals surface area contributed by atoms with Crippen molar-refractivity contribution in [1.29, 1.82) is 0 Å². The van der Waals surface area contributed by atoms with E-state index in [0.29, 0.717) is 27.8 Å². The molecule has 0 aliphatic rings. The lowest BCUT2D eigenvalue weighted by molar-refractivity contribution is -0.113. The maximum atomic E-state index is 12.1. The molecule has 0 bridgehead atoms. The van der Waals surface area contributed by atoms with Gasteiger partial charge in [-0.3, -0.25) is 4.79 Å². The van der Waals surface area contributed by atoms with Gasteiger partial charge in [0.25, 0.3) is 0 Å². The molecule has 0 radical (unpaired) electrons. The second kappa shape index (κ2) is 8.55. The molecule has 1 amide bonds. The molecule has 0 saturated heterocycles. The molecule has 1 heterocycles. The fraction of sp³-hybridized carbons (Fsp3) is 0.412. The molecule has 0 aliphatic heterocycles. The number of rotatable bonds is 6. The minimum Gasteiger partial charge on any atom is -0.349 e. The lowest BCUT2D eigenvalue weighted by Crippen LogP contribution is -2.28. The van der Waals surface area contributed by atoms with Crippen LogP contribution < -0.4 is 15.5 Å². The first-order valence-corrected chi connectivity index (χ1v) is 9.38. The summed E-state index contributed by atoms with van der Waals surface area (Å²) in [7, 11) is 3.72. The number of halogens is 1. The van der Waals surface area contributed by atoms with E-state index in [2.05, 4.69) is 25.6 Å². The first kappa shape index (κ1) is 20.3. The zero-order valence-electron chi connectivity index (χ0n) is 15.5. The number of hydrogen-bond donors (Lipinski definition) is 2. The molecule has 0 saturated carbocycles. The molecular weight excluding hydrogens is 372 g/mol. The largest absolute Gasteiger partial charge is 0.349 e. The first-order chi connectivity index (χ1) is 12.1. The summed E-state index contributed by atoms with van der Waals surface area (Å²) in [6, 6.07) is 6.96. The van der Waals surface area contributed by atoms with E-state index in [-0.39, 0.29) is 17.2 Å². The van der Waals surface area contributed by atoms with Gasteiger partial charge >= 0.3 is 0 Å². The van der Waals surface area contributed by atoms with Gasteiger partial charge in [-0.05, 0) is 45.0 Å². The van der Waals surface area contributed by atoms with Gasteiger partial charge in [0.15, 0.2) is 5.16 Å². The van der Waals surface area contributed by atoms with E-state index in [1.165, 1.54) is 11.8 Å². The number of aromatic nitrogens is 3. The highest BCUT2D eigenvalue weighted by Crippen LogP contribution is 2.20. The zero-order chi connectivity index (χ0) is 19.3. The normalized spacial score (nSPS) is 11.2. The smallest absolute Gasteiger partial charge is 0.234 e. The number of nitrogens with one attached hydrogen (secondary N) is 2. The molecule has 7 nitrogen and oxygen atoms in total. The maximum absolute atomic E-state index is 12.1. The zero-order valence-corrected chi connectivity index (χ0v) is 17.1. The van der Waals surface area contributed by atoms with Crippen molar-refractivity contribution < 1.29 is 4.79 Å². The van der Waals surface area contributed by atoms with Crippen molar-refractivity contribution in [2.45, 2.75) is 31.5 Å². The van der Waals surface area contributed by atoms with Crippen molar-refractivity contribution in [3.05, 3.63) is 29.3 Å². The molecule has 26 heavy (non-hydrogen) atoms. The van der Waals surface area contributed by atoms with Crippen LogP contribution in [0.3, 0.4) is 0 Å². The van der Waals surface area contributed by atoms with Crippen LogP contribution in [0, 0.1) is 0 Å². The number of benzene rings is 1. The molecule has 0 spiro atoms. The molecule has 1 aromatic carbocycles. The van der Waals surface area contributed by atoms with Crippen molar-refractivity contribution in [2.24, 2.45) is 0 Å². The predicted molar refractivity (Wildman–Crippen MR) is 108 cm³/mol. The van der Waals surface area contributed by atoms with E-state index in [4.69, 9.17) is 11.6 Å². The Morgan fingerprint density at radius 3 is 2.38 bits per heavy atom. The highest BCUT2D eigenvalue weighted by Gasteiger charge is 2.15. The molecule has 2 N–H and O–H groups in total. The third-order valence-corrected chi connectivity index (χ3v) is 4.05. The lowest BCUT2D eigenvalue weighted by Gasteiger charge is -2.21. The highest BCUT2D eigenvalue weighted by atomic mass is 35.5. The van der Waals surface area contributed by atoms with E-state index >= 15 is 0 Å². The van der Waals surface area contributed by atoms with E-state index in [1.54, 1.807) is 29.2 Å². The standard InChI is InChI=1S/C17H23ClN6OS/c1-17(2,3)23-14-20-15(24(4)5)22-16(21-14)26-10-13(25)19-12-8-6-11(18)7-9-12/h6-9H,10H2,1-5H3,(H,19,25)(H,20,21,22,23). The molecule has 0 fully saturated rings. The predicted octanol–water partition coefficient (Wildman–Crippen LogP) is 3.53. The van der Waals surface area contributed by atoms with E-state index in [0.717, 1.165) is 0 Å². The highest BCUT2D eigenvalue weighted by molar-refractivity contribution is 7.99. The maximum Gasteiger partial charge on any atom is 0.234 e. The van der Waals surface area contributed by atoms with Crippen LogP contribution in [-0.4, -0.2) is 46.2 Å². The Bertz CT molecular complexity index is 761. The number of carbonyl (C=O) groups excluding carboxylic acids is 1. The topological polar surface area (TPSA) is 83.0 Å². The van der Waals surface area contributed by atoms with Gasteiger partial charge in [0, 0.05) is 30.3 Å². The van der Waals surface area contributed by atoms with Crippen LogP contribution in [0.4, 0.5) is 17.6 Å². The Balaban J connectivity index is 2.05. The van der Waals surface area contributed by atoms with Crippen molar-refractivity contribution >= 4 is 46.9 Å². The molecule has 0 atom stereocenters. The Kier molecular flexibility index (Phi) is 6.66. The second-order valence-corrected chi connectivity index (χ2v) is 8.23. The molecule has 1 aromatic heterocycles. The van der Waals surface area contributed by atoms with Gasteiger partial charge < -0.3 is 15.5 Å². The molecular formula is C17H23ClN6OS. The van der Waals surface area contributed by atoms with E-state index < -0.39 is 0 Å². The van der Waals surface area contributed by atoms with Crippen LogP contribution in [0.2, 0.25) is 5.02 Å². The van der Waals surface area contributed by atoms with Crippen molar-refractivity contribution in [1.82, 2.24) is 15.0 Å². The van der Waals surface area contributed by atoms with Crippen LogP contribution in [0.5, 0.6) is 0 Å². The van der Waals surface area contributed by atoms with Crippen LogP contribution >= 0.6 is 23.4 Å². The summed E-state index contributed by atoms with van der Waals surface area (Å²) >= 11 is 7.10. The Morgan fingerprint density at radius 2 is 1.81 bits per heavy atom. The lowest BCUT2D eigenvalue weighted by atomic mass is 10.1. The monoisotopic (exact) mass is 394 g/mol. The van der Waals surface area contributed by atoms with Crippen molar-refractivity contribution in [3.8, 4) is 0 Å². The van der Waals surface area contributed by atoms with Crippen molar-refractivity contribution in [2.75, 3.05) is 35.4 Å². The Labute approximate surface area is 163 Å². The molecule has 0 unspecified atom stereocenters. The van der Waals surface area contributed by atoms with Gasteiger partial charge in [0.05, 0.1) is 5.75 Å². The second-order valence-electron chi connectivity index (χ2n) is 6.85. The van der Waals surface area contributed by atoms with Gasteiger partial charge in [0.2, 0.25) is 17.8 Å². The number of anilines is 3. The summed E-state index contributed by atoms with van der Waals surface area (Å²) in [4.78, 5) is 27.1. The van der Waals surface area contributed by atoms with E-state index in [9.17, 15) is 4.79 Å². The molecule has 2 rings (SSSR count).